The molecule has 4 N–H and O–H groups in total. The molecule has 0 spiro atoms. The predicted molar refractivity (Wildman–Crippen MR) is 112 cm³/mol. The summed E-state index contributed by atoms with van der Waals surface area (Å²) >= 11 is 0. The molecule has 0 saturated carbocycles. The number of carbonyl (C=O) groups excluding carboxylic acids is 2. The number of amides is 2. The second-order valence-corrected chi connectivity index (χ2v) is 6.63. The lowest BCUT2D eigenvalue weighted by molar-refractivity contribution is -0.122. The minimum absolute atomic E-state index is 0.174. The summed E-state index contributed by atoms with van der Waals surface area (Å²) in [4.78, 5) is 27.3. The normalized spacial score (nSPS) is 11.5. The molecule has 0 fully saturated rings. The predicted octanol–water partition coefficient (Wildman–Crippen LogP) is 3.15. The number of primary amides is 1. The van der Waals surface area contributed by atoms with Crippen LogP contribution in [-0.4, -0.2) is 23.8 Å². The first-order chi connectivity index (χ1) is 14.0. The zero-order valence-corrected chi connectivity index (χ0v) is 16.1. The Balaban J connectivity index is 2.06. The summed E-state index contributed by atoms with van der Waals surface area (Å²) in [7, 11) is 1.57. The average Bonchev–Trinajstić information content (AvgIpc) is 2.73. The standard InChI is InChI=1S/C23H23N3O3/c1-29-20-12-5-7-16(13-20)15-26(23(28)18-10-6-11-19(24)14-18)21(22(25)27)17-8-3-2-4-9-17/h2-14,21H,15,24H2,1H3,(H2,25,27)/t21-/m1/s1. The molecule has 0 unspecified atom stereocenters. The number of nitrogens with zero attached hydrogens (tertiary/aromatic N) is 1. The van der Waals surface area contributed by atoms with Gasteiger partial charge in [-0.2, -0.15) is 0 Å². The molecule has 0 aromatic heterocycles. The molecule has 148 valence electrons. The van der Waals surface area contributed by atoms with Crippen LogP contribution in [-0.2, 0) is 11.3 Å². The number of nitrogens with two attached hydrogens (primary N) is 2. The molecule has 3 aromatic rings. The lowest BCUT2D eigenvalue weighted by Crippen LogP contribution is -2.41. The van der Waals surface area contributed by atoms with E-state index >= 15 is 0 Å². The van der Waals surface area contributed by atoms with E-state index in [0.29, 0.717) is 22.6 Å². The van der Waals surface area contributed by atoms with Crippen molar-refractivity contribution in [3.63, 3.8) is 0 Å². The van der Waals surface area contributed by atoms with Gasteiger partial charge >= 0.3 is 0 Å². The lowest BCUT2D eigenvalue weighted by atomic mass is 10.0. The SMILES string of the molecule is COc1cccc(CN(C(=O)c2cccc(N)c2)[C@@H](C(N)=O)c2ccccc2)c1. The molecule has 29 heavy (non-hydrogen) atoms. The van der Waals surface area contributed by atoms with Gasteiger partial charge in [0.1, 0.15) is 11.8 Å². The molecule has 0 heterocycles. The molecule has 0 bridgehead atoms. The van der Waals surface area contributed by atoms with Crippen LogP contribution in [0.3, 0.4) is 0 Å². The molecule has 3 rings (SSSR count). The third-order valence-corrected chi connectivity index (χ3v) is 4.58. The molecule has 0 aliphatic carbocycles. The molecule has 1 atom stereocenters. The summed E-state index contributed by atoms with van der Waals surface area (Å²) in [6, 6.07) is 22.1. The van der Waals surface area contributed by atoms with E-state index in [2.05, 4.69) is 0 Å². The first kappa shape index (κ1) is 19.9. The molecule has 2 amide bonds. The average molecular weight is 389 g/mol. The number of hydrogen-bond donors (Lipinski definition) is 2. The van der Waals surface area contributed by atoms with E-state index in [0.717, 1.165) is 5.56 Å². The Morgan fingerprint density at radius 3 is 2.34 bits per heavy atom. The van der Waals surface area contributed by atoms with Crippen LogP contribution in [0.5, 0.6) is 5.75 Å². The molecule has 0 aliphatic rings. The van der Waals surface area contributed by atoms with Gasteiger partial charge in [-0.3, -0.25) is 9.59 Å². The van der Waals surface area contributed by atoms with Crippen molar-refractivity contribution < 1.29 is 14.3 Å². The van der Waals surface area contributed by atoms with E-state index in [-0.39, 0.29) is 12.5 Å². The summed E-state index contributed by atoms with van der Waals surface area (Å²) in [6.45, 7) is 0.174. The minimum atomic E-state index is -0.934. The van der Waals surface area contributed by atoms with Gasteiger partial charge < -0.3 is 21.1 Å². The van der Waals surface area contributed by atoms with Crippen LogP contribution in [0.2, 0.25) is 0 Å². The maximum absolute atomic E-state index is 13.4. The highest BCUT2D eigenvalue weighted by atomic mass is 16.5. The Bertz CT molecular complexity index is 1010. The van der Waals surface area contributed by atoms with E-state index < -0.39 is 11.9 Å². The van der Waals surface area contributed by atoms with Crippen LogP contribution in [0.4, 0.5) is 5.69 Å². The summed E-state index contributed by atoms with van der Waals surface area (Å²) < 4.78 is 5.28. The Morgan fingerprint density at radius 2 is 1.69 bits per heavy atom. The van der Waals surface area contributed by atoms with Crippen LogP contribution >= 0.6 is 0 Å². The number of ether oxygens (including phenoxy) is 1. The van der Waals surface area contributed by atoms with Gasteiger partial charge in [0.15, 0.2) is 0 Å². The minimum Gasteiger partial charge on any atom is -0.497 e. The molecule has 0 radical (unpaired) electrons. The highest BCUT2D eigenvalue weighted by molar-refractivity contribution is 5.98. The Morgan fingerprint density at radius 1 is 0.966 bits per heavy atom. The van der Waals surface area contributed by atoms with Gasteiger partial charge in [-0.1, -0.05) is 48.5 Å². The summed E-state index contributed by atoms with van der Waals surface area (Å²) in [5.74, 6) is -0.293. The smallest absolute Gasteiger partial charge is 0.255 e. The molecule has 0 aliphatic heterocycles. The highest BCUT2D eigenvalue weighted by Gasteiger charge is 2.30. The van der Waals surface area contributed by atoms with Gasteiger partial charge in [0.05, 0.1) is 7.11 Å². The zero-order valence-electron chi connectivity index (χ0n) is 16.1. The van der Waals surface area contributed by atoms with Crippen molar-refractivity contribution in [3.8, 4) is 5.75 Å². The number of carbonyl (C=O) groups is 2. The quantitative estimate of drug-likeness (QED) is 0.607. The first-order valence-corrected chi connectivity index (χ1v) is 9.13. The Hall–Kier alpha value is -3.80. The molecule has 0 saturated heterocycles. The van der Waals surface area contributed by atoms with Gasteiger partial charge in [0, 0.05) is 17.8 Å². The molecular weight excluding hydrogens is 366 g/mol. The number of methoxy groups -OCH3 is 1. The molecule has 6 nitrogen and oxygen atoms in total. The first-order valence-electron chi connectivity index (χ1n) is 9.13. The highest BCUT2D eigenvalue weighted by Crippen LogP contribution is 2.26. The fraction of sp³-hybridized carbons (Fsp3) is 0.130. The Kier molecular flexibility index (Phi) is 6.14. The monoisotopic (exact) mass is 389 g/mol. The van der Waals surface area contributed by atoms with Gasteiger partial charge in [-0.15, -0.1) is 0 Å². The van der Waals surface area contributed by atoms with Crippen molar-refractivity contribution in [2.45, 2.75) is 12.6 Å². The van der Waals surface area contributed by atoms with Gasteiger partial charge in [-0.25, -0.2) is 0 Å². The van der Waals surface area contributed by atoms with Crippen LogP contribution in [0.15, 0.2) is 78.9 Å². The largest absolute Gasteiger partial charge is 0.497 e. The van der Waals surface area contributed by atoms with Gasteiger partial charge in [-0.05, 0) is 41.5 Å². The van der Waals surface area contributed by atoms with E-state index in [9.17, 15) is 9.59 Å². The van der Waals surface area contributed by atoms with Crippen LogP contribution in [0.1, 0.15) is 27.5 Å². The van der Waals surface area contributed by atoms with Crippen molar-refractivity contribution in [1.29, 1.82) is 0 Å². The topological polar surface area (TPSA) is 98.7 Å². The maximum Gasteiger partial charge on any atom is 0.255 e. The summed E-state index contributed by atoms with van der Waals surface area (Å²) in [5.41, 5.74) is 13.9. The van der Waals surface area contributed by atoms with E-state index in [1.165, 1.54) is 4.90 Å². The van der Waals surface area contributed by atoms with Crippen molar-refractivity contribution in [1.82, 2.24) is 4.90 Å². The van der Waals surface area contributed by atoms with Gasteiger partial charge in [0.2, 0.25) is 5.91 Å². The summed E-state index contributed by atoms with van der Waals surface area (Å²) in [6.07, 6.45) is 0. The zero-order chi connectivity index (χ0) is 20.8. The van der Waals surface area contributed by atoms with E-state index in [1.54, 1.807) is 55.6 Å². The lowest BCUT2D eigenvalue weighted by Gasteiger charge is -2.30. The van der Waals surface area contributed by atoms with Crippen LogP contribution in [0, 0.1) is 0 Å². The van der Waals surface area contributed by atoms with Crippen molar-refractivity contribution >= 4 is 17.5 Å². The Labute approximate surface area is 169 Å². The number of nitrogen functional groups attached to an aromatic ring is 1. The van der Waals surface area contributed by atoms with Crippen LogP contribution in [0.25, 0.3) is 0 Å². The second kappa shape index (κ2) is 8.93. The number of anilines is 1. The number of benzene rings is 3. The fourth-order valence-electron chi connectivity index (χ4n) is 3.22. The fourth-order valence-corrected chi connectivity index (χ4v) is 3.22. The van der Waals surface area contributed by atoms with Crippen molar-refractivity contribution in [2.24, 2.45) is 5.73 Å². The third kappa shape index (κ3) is 4.73. The second-order valence-electron chi connectivity index (χ2n) is 6.63. The van der Waals surface area contributed by atoms with E-state index in [4.69, 9.17) is 16.2 Å². The third-order valence-electron chi connectivity index (χ3n) is 4.58. The number of rotatable bonds is 7. The molecule has 6 heteroatoms. The van der Waals surface area contributed by atoms with E-state index in [1.807, 2.05) is 30.3 Å². The molecular formula is C23H23N3O3. The molecule has 3 aromatic carbocycles. The maximum atomic E-state index is 13.4. The van der Waals surface area contributed by atoms with Crippen LogP contribution < -0.4 is 16.2 Å². The van der Waals surface area contributed by atoms with Crippen molar-refractivity contribution in [2.75, 3.05) is 12.8 Å². The van der Waals surface area contributed by atoms with Crippen molar-refractivity contribution in [3.05, 3.63) is 95.6 Å². The van der Waals surface area contributed by atoms with Gasteiger partial charge in [0.25, 0.3) is 5.91 Å². The summed E-state index contributed by atoms with van der Waals surface area (Å²) in [5, 5.41) is 0. The number of hydrogen-bond acceptors (Lipinski definition) is 4.